The second-order valence-corrected chi connectivity index (χ2v) is 11.8. The number of anilines is 1. The number of aromatic nitrogens is 1. The average molecular weight is 677 g/mol. The highest BCUT2D eigenvalue weighted by Crippen LogP contribution is 2.46. The first-order valence-corrected chi connectivity index (χ1v) is 15.4. The molecule has 7 aromatic rings. The van der Waals surface area contributed by atoms with E-state index < -0.39 is 40.9 Å². The topological polar surface area (TPSA) is 42.3 Å². The quantitative estimate of drug-likeness (QED) is 0.138. The van der Waals surface area contributed by atoms with Gasteiger partial charge in [-0.25, -0.2) is 4.90 Å². The molecule has 0 spiro atoms. The van der Waals surface area contributed by atoms with Gasteiger partial charge in [-0.1, -0.05) is 91.0 Å². The lowest BCUT2D eigenvalue weighted by Gasteiger charge is -2.19. The molecule has 10 heteroatoms. The second-order valence-electron chi connectivity index (χ2n) is 11.8. The Hall–Kier alpha value is -6.16. The first-order chi connectivity index (χ1) is 23.9. The van der Waals surface area contributed by atoms with Crippen molar-refractivity contribution in [1.29, 1.82) is 0 Å². The largest absolute Gasteiger partial charge is 0.417 e. The fraction of sp³-hybridized carbons (Fsp3) is 0.0500. The molecule has 0 fully saturated rings. The standard InChI is InChI=1S/C40H22F6N2O2/c41-39(42,43)24-20-21-26(30(22-24)40(44,45)46)27-14-8-18-33-35(27)28-13-5-7-17-32(28)47(33)34-19-9-15-29-36(34)38(50)48(37(29)49)31-16-6-4-12-25(31)23-10-2-1-3-11-23/h1-22H. The zero-order valence-electron chi connectivity index (χ0n) is 25.7. The Morgan fingerprint density at radius 1 is 0.480 bits per heavy atom. The van der Waals surface area contributed by atoms with E-state index >= 15 is 0 Å². The van der Waals surface area contributed by atoms with Gasteiger partial charge in [0.05, 0.1) is 44.7 Å². The SMILES string of the molecule is O=C1c2cccc(-n3c4ccccc4c4c(-c5ccc(C(F)(F)F)cc5C(F)(F)F)cccc43)c2C(=O)N1c1ccccc1-c1ccccc1. The van der Waals surface area contributed by atoms with Crippen molar-refractivity contribution in [3.8, 4) is 27.9 Å². The Morgan fingerprint density at radius 2 is 1.10 bits per heavy atom. The normalized spacial score (nSPS) is 13.4. The predicted molar refractivity (Wildman–Crippen MR) is 179 cm³/mol. The van der Waals surface area contributed by atoms with E-state index in [0.717, 1.165) is 16.5 Å². The molecule has 6 aromatic carbocycles. The summed E-state index contributed by atoms with van der Waals surface area (Å²) in [5.74, 6) is -1.11. The van der Waals surface area contributed by atoms with E-state index in [1.54, 1.807) is 65.2 Å². The summed E-state index contributed by atoms with van der Waals surface area (Å²) in [4.78, 5) is 29.6. The lowest BCUT2D eigenvalue weighted by molar-refractivity contribution is -0.142. The maximum atomic E-state index is 14.4. The maximum Gasteiger partial charge on any atom is 0.417 e. The van der Waals surface area contributed by atoms with Gasteiger partial charge in [0, 0.05) is 16.3 Å². The number of carbonyl (C=O) groups excluding carboxylic acids is 2. The molecule has 0 saturated heterocycles. The van der Waals surface area contributed by atoms with Crippen molar-refractivity contribution in [3.63, 3.8) is 0 Å². The minimum Gasteiger partial charge on any atom is -0.308 e. The smallest absolute Gasteiger partial charge is 0.308 e. The molecule has 2 heterocycles. The van der Waals surface area contributed by atoms with E-state index in [1.807, 2.05) is 42.5 Å². The first-order valence-electron chi connectivity index (χ1n) is 15.4. The summed E-state index contributed by atoms with van der Waals surface area (Å²) in [5, 5.41) is 0.848. The van der Waals surface area contributed by atoms with Gasteiger partial charge in [-0.05, 0) is 59.2 Å². The van der Waals surface area contributed by atoms with Crippen LogP contribution in [-0.4, -0.2) is 16.4 Å². The summed E-state index contributed by atoms with van der Waals surface area (Å²) in [6.07, 6.45) is -10.1. The van der Waals surface area contributed by atoms with Crippen molar-refractivity contribution in [1.82, 2.24) is 4.57 Å². The van der Waals surface area contributed by atoms with Gasteiger partial charge < -0.3 is 4.57 Å². The van der Waals surface area contributed by atoms with Gasteiger partial charge in [0.25, 0.3) is 11.8 Å². The second kappa shape index (κ2) is 11.2. The van der Waals surface area contributed by atoms with Crippen LogP contribution in [0.1, 0.15) is 31.8 Å². The van der Waals surface area contributed by atoms with E-state index in [4.69, 9.17) is 0 Å². The molecule has 0 radical (unpaired) electrons. The van der Waals surface area contributed by atoms with Gasteiger partial charge in [-0.2, -0.15) is 26.3 Å². The Kier molecular flexibility index (Phi) is 6.97. The van der Waals surface area contributed by atoms with Crippen LogP contribution in [-0.2, 0) is 12.4 Å². The van der Waals surface area contributed by atoms with Crippen molar-refractivity contribution < 1.29 is 35.9 Å². The van der Waals surface area contributed by atoms with E-state index in [9.17, 15) is 35.9 Å². The highest BCUT2D eigenvalue weighted by molar-refractivity contribution is 6.36. The molecule has 0 unspecified atom stereocenters. The molecule has 1 aromatic heterocycles. The van der Waals surface area contributed by atoms with Gasteiger partial charge >= 0.3 is 12.4 Å². The monoisotopic (exact) mass is 676 g/mol. The van der Waals surface area contributed by atoms with Crippen molar-refractivity contribution >= 4 is 39.3 Å². The first kappa shape index (κ1) is 31.1. The maximum absolute atomic E-state index is 14.4. The third-order valence-electron chi connectivity index (χ3n) is 9.00. The van der Waals surface area contributed by atoms with Crippen LogP contribution in [0.3, 0.4) is 0 Å². The number of fused-ring (bicyclic) bond motifs is 4. The number of hydrogen-bond acceptors (Lipinski definition) is 2. The van der Waals surface area contributed by atoms with Crippen LogP contribution in [0.15, 0.2) is 133 Å². The van der Waals surface area contributed by atoms with Crippen LogP contribution < -0.4 is 4.90 Å². The number of benzene rings is 6. The van der Waals surface area contributed by atoms with E-state index in [0.29, 0.717) is 44.8 Å². The van der Waals surface area contributed by atoms with Crippen LogP contribution in [0, 0.1) is 0 Å². The molecular weight excluding hydrogens is 654 g/mol. The molecule has 8 rings (SSSR count). The third kappa shape index (κ3) is 4.78. The number of rotatable bonds is 4. The van der Waals surface area contributed by atoms with Gasteiger partial charge in [-0.3, -0.25) is 9.59 Å². The van der Waals surface area contributed by atoms with Crippen LogP contribution in [0.25, 0.3) is 49.7 Å². The van der Waals surface area contributed by atoms with Gasteiger partial charge in [0.15, 0.2) is 0 Å². The molecule has 2 amide bonds. The number of nitrogens with zero attached hydrogens (tertiary/aromatic N) is 2. The number of amides is 2. The zero-order chi connectivity index (χ0) is 34.9. The number of alkyl halides is 6. The number of carbonyl (C=O) groups is 2. The number of para-hydroxylation sites is 2. The molecule has 0 saturated carbocycles. The predicted octanol–water partition coefficient (Wildman–Crippen LogP) is 11.0. The van der Waals surface area contributed by atoms with Crippen molar-refractivity contribution in [2.24, 2.45) is 0 Å². The molecule has 1 aliphatic rings. The summed E-state index contributed by atoms with van der Waals surface area (Å²) < 4.78 is 85.4. The molecule has 0 N–H and O–H groups in total. The molecule has 4 nitrogen and oxygen atoms in total. The highest BCUT2D eigenvalue weighted by Gasteiger charge is 2.41. The van der Waals surface area contributed by atoms with Crippen molar-refractivity contribution in [2.75, 3.05) is 4.90 Å². The van der Waals surface area contributed by atoms with Gasteiger partial charge in [-0.15, -0.1) is 0 Å². The third-order valence-corrected chi connectivity index (χ3v) is 9.00. The molecule has 0 atom stereocenters. The number of imide groups is 1. The molecule has 50 heavy (non-hydrogen) atoms. The van der Waals surface area contributed by atoms with Gasteiger partial charge in [0.1, 0.15) is 0 Å². The Bertz CT molecular complexity index is 2510. The van der Waals surface area contributed by atoms with Gasteiger partial charge in [0.2, 0.25) is 0 Å². The lowest BCUT2D eigenvalue weighted by atomic mass is 9.93. The minimum atomic E-state index is -5.09. The Balaban J connectivity index is 1.36. The number of hydrogen-bond donors (Lipinski definition) is 0. The summed E-state index contributed by atoms with van der Waals surface area (Å²) >= 11 is 0. The molecular formula is C40H22F6N2O2. The summed E-state index contributed by atoms with van der Waals surface area (Å²) in [7, 11) is 0. The Morgan fingerprint density at radius 3 is 1.86 bits per heavy atom. The highest BCUT2D eigenvalue weighted by atomic mass is 19.4. The summed E-state index contributed by atoms with van der Waals surface area (Å²) in [6, 6.07) is 34.3. The molecule has 0 aliphatic carbocycles. The Labute approximate surface area is 280 Å². The molecule has 1 aliphatic heterocycles. The molecule has 0 bridgehead atoms. The van der Waals surface area contributed by atoms with Crippen molar-refractivity contribution in [3.05, 3.63) is 156 Å². The minimum absolute atomic E-state index is 0.0619. The lowest BCUT2D eigenvalue weighted by Crippen LogP contribution is -2.30. The summed E-state index contributed by atoms with van der Waals surface area (Å²) in [5.41, 5.74) is 0.169. The zero-order valence-corrected chi connectivity index (χ0v) is 25.7. The van der Waals surface area contributed by atoms with Crippen LogP contribution in [0.5, 0.6) is 0 Å². The number of halogens is 6. The average Bonchev–Trinajstić information content (AvgIpc) is 3.58. The summed E-state index contributed by atoms with van der Waals surface area (Å²) in [6.45, 7) is 0. The fourth-order valence-corrected chi connectivity index (χ4v) is 6.90. The van der Waals surface area contributed by atoms with Crippen molar-refractivity contribution in [2.45, 2.75) is 12.4 Å². The van der Waals surface area contributed by atoms with Crippen LogP contribution in [0.2, 0.25) is 0 Å². The van der Waals surface area contributed by atoms with E-state index in [-0.39, 0.29) is 22.8 Å². The fourth-order valence-electron chi connectivity index (χ4n) is 6.90. The van der Waals surface area contributed by atoms with E-state index in [1.165, 1.54) is 12.1 Å². The molecule has 246 valence electrons. The van der Waals surface area contributed by atoms with Crippen LogP contribution in [0.4, 0.5) is 32.0 Å². The van der Waals surface area contributed by atoms with E-state index in [2.05, 4.69) is 0 Å². The van der Waals surface area contributed by atoms with Crippen LogP contribution >= 0.6 is 0 Å².